The SMILES string of the molecule is Cc1c(CO)cccc1S(=O)(=O)NCc1ccncc1. The van der Waals surface area contributed by atoms with Crippen LogP contribution < -0.4 is 4.72 Å². The van der Waals surface area contributed by atoms with Gasteiger partial charge in [-0.1, -0.05) is 12.1 Å². The highest BCUT2D eigenvalue weighted by molar-refractivity contribution is 7.89. The number of benzene rings is 1. The highest BCUT2D eigenvalue weighted by Gasteiger charge is 2.17. The fourth-order valence-electron chi connectivity index (χ4n) is 1.88. The van der Waals surface area contributed by atoms with Gasteiger partial charge < -0.3 is 5.11 Å². The largest absolute Gasteiger partial charge is 0.392 e. The normalized spacial score (nSPS) is 11.5. The Labute approximate surface area is 118 Å². The summed E-state index contributed by atoms with van der Waals surface area (Å²) in [4.78, 5) is 4.07. The van der Waals surface area contributed by atoms with Crippen LogP contribution in [-0.2, 0) is 23.2 Å². The van der Waals surface area contributed by atoms with Crippen LogP contribution in [-0.4, -0.2) is 18.5 Å². The number of hydrogen-bond donors (Lipinski definition) is 2. The molecule has 0 unspecified atom stereocenters. The second kappa shape index (κ2) is 6.13. The quantitative estimate of drug-likeness (QED) is 0.872. The number of aliphatic hydroxyl groups is 1. The first-order valence-corrected chi connectivity index (χ1v) is 7.61. The number of pyridine rings is 1. The minimum absolute atomic E-state index is 0.181. The number of rotatable bonds is 5. The van der Waals surface area contributed by atoms with E-state index in [0.29, 0.717) is 11.1 Å². The molecule has 0 fully saturated rings. The summed E-state index contributed by atoms with van der Waals surface area (Å²) < 4.78 is 27.1. The lowest BCUT2D eigenvalue weighted by Crippen LogP contribution is -2.24. The third kappa shape index (κ3) is 3.22. The van der Waals surface area contributed by atoms with Crippen molar-refractivity contribution in [2.24, 2.45) is 0 Å². The lowest BCUT2D eigenvalue weighted by Gasteiger charge is -2.11. The van der Waals surface area contributed by atoms with Gasteiger partial charge in [-0.2, -0.15) is 0 Å². The molecular formula is C14H16N2O3S. The molecule has 0 aliphatic carbocycles. The summed E-state index contributed by atoms with van der Waals surface area (Å²) in [6, 6.07) is 8.36. The second-order valence-electron chi connectivity index (χ2n) is 4.38. The van der Waals surface area contributed by atoms with E-state index in [4.69, 9.17) is 0 Å². The van der Waals surface area contributed by atoms with Crippen molar-refractivity contribution in [3.05, 3.63) is 59.4 Å². The van der Waals surface area contributed by atoms with E-state index in [0.717, 1.165) is 5.56 Å². The van der Waals surface area contributed by atoms with Crippen LogP contribution in [0.25, 0.3) is 0 Å². The number of aromatic nitrogens is 1. The number of hydrogen-bond acceptors (Lipinski definition) is 4. The molecule has 0 spiro atoms. The highest BCUT2D eigenvalue weighted by atomic mass is 32.2. The first-order valence-electron chi connectivity index (χ1n) is 6.12. The summed E-state index contributed by atoms with van der Waals surface area (Å²) in [7, 11) is -3.60. The summed E-state index contributed by atoms with van der Waals surface area (Å²) >= 11 is 0. The molecule has 0 bridgehead atoms. The molecule has 1 heterocycles. The fraction of sp³-hybridized carbons (Fsp3) is 0.214. The average molecular weight is 292 g/mol. The molecule has 20 heavy (non-hydrogen) atoms. The fourth-order valence-corrected chi connectivity index (χ4v) is 3.18. The molecule has 2 rings (SSSR count). The van der Waals surface area contributed by atoms with Crippen LogP contribution >= 0.6 is 0 Å². The van der Waals surface area contributed by atoms with Crippen LogP contribution in [0.2, 0.25) is 0 Å². The maximum absolute atomic E-state index is 12.3. The molecule has 1 aromatic heterocycles. The molecule has 0 amide bonds. The van der Waals surface area contributed by atoms with Crippen molar-refractivity contribution in [2.75, 3.05) is 0 Å². The van der Waals surface area contributed by atoms with Gasteiger partial charge in [-0.3, -0.25) is 4.98 Å². The Morgan fingerprint density at radius 1 is 1.20 bits per heavy atom. The second-order valence-corrected chi connectivity index (χ2v) is 6.11. The Hall–Kier alpha value is -1.76. The molecule has 0 radical (unpaired) electrons. The molecule has 0 saturated carbocycles. The molecule has 2 aromatic rings. The van der Waals surface area contributed by atoms with Crippen LogP contribution in [0.3, 0.4) is 0 Å². The van der Waals surface area contributed by atoms with Gasteiger partial charge in [0, 0.05) is 18.9 Å². The molecule has 0 aliphatic rings. The van der Waals surface area contributed by atoms with Crippen molar-refractivity contribution in [1.29, 1.82) is 0 Å². The molecule has 0 aliphatic heterocycles. The Bertz CT molecular complexity index is 685. The summed E-state index contributed by atoms with van der Waals surface area (Å²) in [5, 5.41) is 9.19. The van der Waals surface area contributed by atoms with E-state index in [1.807, 2.05) is 0 Å². The first-order chi connectivity index (χ1) is 9.54. The Balaban J connectivity index is 2.23. The number of sulfonamides is 1. The van der Waals surface area contributed by atoms with Crippen molar-refractivity contribution < 1.29 is 13.5 Å². The zero-order valence-electron chi connectivity index (χ0n) is 11.1. The van der Waals surface area contributed by atoms with Crippen LogP contribution in [0.1, 0.15) is 16.7 Å². The molecule has 0 saturated heterocycles. The van der Waals surface area contributed by atoms with Gasteiger partial charge in [0.2, 0.25) is 10.0 Å². The van der Waals surface area contributed by atoms with Crippen LogP contribution in [0, 0.1) is 6.92 Å². The number of nitrogens with zero attached hydrogens (tertiary/aromatic N) is 1. The zero-order valence-corrected chi connectivity index (χ0v) is 11.9. The van der Waals surface area contributed by atoms with Gasteiger partial charge in [0.25, 0.3) is 0 Å². The van der Waals surface area contributed by atoms with E-state index in [1.165, 1.54) is 6.07 Å². The predicted molar refractivity (Wildman–Crippen MR) is 75.4 cm³/mol. The lowest BCUT2D eigenvalue weighted by atomic mass is 10.1. The van der Waals surface area contributed by atoms with Crippen LogP contribution in [0.4, 0.5) is 0 Å². The van der Waals surface area contributed by atoms with Crippen molar-refractivity contribution in [1.82, 2.24) is 9.71 Å². The van der Waals surface area contributed by atoms with Crippen LogP contribution in [0.15, 0.2) is 47.6 Å². The van der Waals surface area contributed by atoms with E-state index >= 15 is 0 Å². The Morgan fingerprint density at radius 2 is 1.90 bits per heavy atom. The minimum atomic E-state index is -3.60. The van der Waals surface area contributed by atoms with Gasteiger partial charge in [0.15, 0.2) is 0 Å². The molecule has 1 aromatic carbocycles. The lowest BCUT2D eigenvalue weighted by molar-refractivity contribution is 0.280. The number of aliphatic hydroxyl groups excluding tert-OH is 1. The topological polar surface area (TPSA) is 79.3 Å². The monoisotopic (exact) mass is 292 g/mol. The highest BCUT2D eigenvalue weighted by Crippen LogP contribution is 2.19. The van der Waals surface area contributed by atoms with E-state index in [9.17, 15) is 13.5 Å². The number of nitrogens with one attached hydrogen (secondary N) is 1. The third-order valence-electron chi connectivity index (χ3n) is 3.07. The van der Waals surface area contributed by atoms with Crippen LogP contribution in [0.5, 0.6) is 0 Å². The van der Waals surface area contributed by atoms with E-state index in [1.54, 1.807) is 43.6 Å². The molecule has 5 nitrogen and oxygen atoms in total. The maximum atomic E-state index is 12.3. The van der Waals surface area contributed by atoms with Gasteiger partial charge in [-0.15, -0.1) is 0 Å². The average Bonchev–Trinajstić information content (AvgIpc) is 2.46. The minimum Gasteiger partial charge on any atom is -0.392 e. The van der Waals surface area contributed by atoms with Crippen molar-refractivity contribution in [3.63, 3.8) is 0 Å². The standard InChI is InChI=1S/C14H16N2O3S/c1-11-13(10-17)3-2-4-14(11)20(18,19)16-9-12-5-7-15-8-6-12/h2-8,16-17H,9-10H2,1H3. The van der Waals surface area contributed by atoms with E-state index in [-0.39, 0.29) is 18.0 Å². The summed E-state index contributed by atoms with van der Waals surface area (Å²) in [5.74, 6) is 0. The summed E-state index contributed by atoms with van der Waals surface area (Å²) in [6.45, 7) is 1.71. The molecule has 106 valence electrons. The van der Waals surface area contributed by atoms with Gasteiger partial charge >= 0.3 is 0 Å². The van der Waals surface area contributed by atoms with E-state index in [2.05, 4.69) is 9.71 Å². The van der Waals surface area contributed by atoms with Crippen molar-refractivity contribution in [2.45, 2.75) is 25.0 Å². The third-order valence-corrected chi connectivity index (χ3v) is 4.62. The summed E-state index contributed by atoms with van der Waals surface area (Å²) in [6.07, 6.45) is 3.22. The molecule has 2 N–H and O–H groups in total. The smallest absolute Gasteiger partial charge is 0.241 e. The summed E-state index contributed by atoms with van der Waals surface area (Å²) in [5.41, 5.74) is 2.01. The molecule has 0 atom stereocenters. The van der Waals surface area contributed by atoms with Crippen molar-refractivity contribution in [3.8, 4) is 0 Å². The zero-order chi connectivity index (χ0) is 14.6. The van der Waals surface area contributed by atoms with Gasteiger partial charge in [0.05, 0.1) is 11.5 Å². The molecular weight excluding hydrogens is 276 g/mol. The van der Waals surface area contributed by atoms with Gasteiger partial charge in [-0.25, -0.2) is 13.1 Å². The first kappa shape index (κ1) is 14.6. The van der Waals surface area contributed by atoms with Gasteiger partial charge in [-0.05, 0) is 41.8 Å². The Morgan fingerprint density at radius 3 is 2.55 bits per heavy atom. The predicted octanol–water partition coefficient (Wildman–Crippen LogP) is 1.36. The van der Waals surface area contributed by atoms with E-state index < -0.39 is 10.0 Å². The van der Waals surface area contributed by atoms with Gasteiger partial charge in [0.1, 0.15) is 0 Å². The maximum Gasteiger partial charge on any atom is 0.241 e. The Kier molecular flexibility index (Phi) is 4.49. The van der Waals surface area contributed by atoms with Crippen molar-refractivity contribution >= 4 is 10.0 Å². The molecule has 6 heteroatoms.